The Morgan fingerprint density at radius 2 is 0.947 bits per heavy atom. The molecule has 0 aliphatic heterocycles. The first kappa shape index (κ1) is 26.4. The molecule has 4 aromatic rings. The van der Waals surface area contributed by atoms with Gasteiger partial charge in [-0.3, -0.25) is 0 Å². The van der Waals surface area contributed by atoms with Gasteiger partial charge in [-0.1, -0.05) is 54.6 Å². The highest BCUT2D eigenvalue weighted by Crippen LogP contribution is 2.29. The van der Waals surface area contributed by atoms with Gasteiger partial charge in [-0.2, -0.15) is 13.2 Å². The number of ether oxygens (including phenoxy) is 2. The molecular weight excluding hydrogens is 489 g/mol. The standard InChI is InChI=1S/C31H25F3N2O2/c1-37-28-16-7-23(8-17-28)5-14-26-21-27(15-6-24-9-18-29(38-2)19-10-24)36-30(35-26)20-11-22-3-12-25(13-4-22)31(32,33)34/h3-21H,1-2H3/b14-5+,15-6+,20-11+. The fourth-order valence-corrected chi connectivity index (χ4v) is 3.50. The van der Waals surface area contributed by atoms with Gasteiger partial charge in [-0.25, -0.2) is 9.97 Å². The van der Waals surface area contributed by atoms with Gasteiger partial charge in [-0.15, -0.1) is 0 Å². The number of rotatable bonds is 8. The molecule has 38 heavy (non-hydrogen) atoms. The molecule has 0 atom stereocenters. The summed E-state index contributed by atoms with van der Waals surface area (Å²) in [5.41, 5.74) is 3.22. The van der Waals surface area contributed by atoms with Crippen LogP contribution in [0.1, 0.15) is 39.5 Å². The van der Waals surface area contributed by atoms with Crippen molar-refractivity contribution in [1.29, 1.82) is 0 Å². The summed E-state index contributed by atoms with van der Waals surface area (Å²) >= 11 is 0. The Balaban J connectivity index is 1.62. The van der Waals surface area contributed by atoms with Crippen LogP contribution in [0.25, 0.3) is 36.5 Å². The second-order valence-electron chi connectivity index (χ2n) is 8.24. The van der Waals surface area contributed by atoms with Crippen molar-refractivity contribution in [2.45, 2.75) is 6.18 Å². The molecule has 0 bridgehead atoms. The fraction of sp³-hybridized carbons (Fsp3) is 0.0968. The summed E-state index contributed by atoms with van der Waals surface area (Å²) in [5.74, 6) is 1.97. The molecule has 0 fully saturated rings. The van der Waals surface area contributed by atoms with Crippen LogP contribution in [0.4, 0.5) is 13.2 Å². The summed E-state index contributed by atoms with van der Waals surface area (Å²) in [6.07, 6.45) is 6.61. The number of methoxy groups -OCH3 is 2. The molecule has 4 rings (SSSR count). The Morgan fingerprint density at radius 3 is 1.34 bits per heavy atom. The molecule has 4 nitrogen and oxygen atoms in total. The lowest BCUT2D eigenvalue weighted by atomic mass is 10.1. The summed E-state index contributed by atoms with van der Waals surface area (Å²) < 4.78 is 49.0. The number of hydrogen-bond acceptors (Lipinski definition) is 4. The average molecular weight is 515 g/mol. The van der Waals surface area contributed by atoms with E-state index in [0.717, 1.165) is 34.8 Å². The monoisotopic (exact) mass is 514 g/mol. The maximum Gasteiger partial charge on any atom is 0.416 e. The van der Waals surface area contributed by atoms with Crippen LogP contribution >= 0.6 is 0 Å². The molecule has 0 amide bonds. The molecule has 0 aliphatic carbocycles. The number of nitrogens with zero attached hydrogens (tertiary/aromatic N) is 2. The number of aromatic nitrogens is 2. The summed E-state index contributed by atoms with van der Waals surface area (Å²) in [6, 6.07) is 22.0. The predicted molar refractivity (Wildman–Crippen MR) is 146 cm³/mol. The maximum absolute atomic E-state index is 12.9. The second-order valence-corrected chi connectivity index (χ2v) is 8.24. The molecule has 0 saturated heterocycles. The first-order valence-corrected chi connectivity index (χ1v) is 11.7. The lowest BCUT2D eigenvalue weighted by Gasteiger charge is -2.06. The van der Waals surface area contributed by atoms with Gasteiger partial charge >= 0.3 is 6.18 Å². The third-order valence-corrected chi connectivity index (χ3v) is 5.57. The highest BCUT2D eigenvalue weighted by atomic mass is 19.4. The van der Waals surface area contributed by atoms with E-state index >= 15 is 0 Å². The molecule has 0 unspecified atom stereocenters. The largest absolute Gasteiger partial charge is 0.497 e. The van der Waals surface area contributed by atoms with E-state index in [1.165, 1.54) is 12.1 Å². The van der Waals surface area contributed by atoms with Crippen LogP contribution in [0.2, 0.25) is 0 Å². The van der Waals surface area contributed by atoms with Crippen molar-refractivity contribution in [3.63, 3.8) is 0 Å². The lowest BCUT2D eigenvalue weighted by Crippen LogP contribution is -2.03. The summed E-state index contributed by atoms with van der Waals surface area (Å²) in [4.78, 5) is 9.18. The van der Waals surface area contributed by atoms with Crippen molar-refractivity contribution in [3.05, 3.63) is 118 Å². The van der Waals surface area contributed by atoms with Gasteiger partial charge < -0.3 is 9.47 Å². The molecule has 3 aromatic carbocycles. The van der Waals surface area contributed by atoms with E-state index in [0.29, 0.717) is 22.8 Å². The molecule has 0 aliphatic rings. The van der Waals surface area contributed by atoms with Crippen molar-refractivity contribution in [2.75, 3.05) is 14.2 Å². The summed E-state index contributed by atoms with van der Waals surface area (Å²) in [6.45, 7) is 0. The van der Waals surface area contributed by atoms with Gasteiger partial charge in [-0.05, 0) is 77.4 Å². The predicted octanol–water partition coefficient (Wildman–Crippen LogP) is 8.02. The average Bonchev–Trinajstić information content (AvgIpc) is 2.94. The van der Waals surface area contributed by atoms with Gasteiger partial charge in [0.1, 0.15) is 11.5 Å². The summed E-state index contributed by atoms with van der Waals surface area (Å²) in [5, 5.41) is 0. The minimum absolute atomic E-state index is 0.427. The van der Waals surface area contributed by atoms with E-state index in [9.17, 15) is 13.2 Å². The molecule has 1 aromatic heterocycles. The molecule has 0 N–H and O–H groups in total. The van der Waals surface area contributed by atoms with E-state index in [2.05, 4.69) is 9.97 Å². The van der Waals surface area contributed by atoms with Crippen molar-refractivity contribution >= 4 is 36.5 Å². The number of hydrogen-bond donors (Lipinski definition) is 0. The molecule has 0 saturated carbocycles. The van der Waals surface area contributed by atoms with Crippen molar-refractivity contribution in [1.82, 2.24) is 9.97 Å². The molecule has 7 heteroatoms. The minimum Gasteiger partial charge on any atom is -0.497 e. The van der Waals surface area contributed by atoms with Crippen molar-refractivity contribution < 1.29 is 22.6 Å². The van der Waals surface area contributed by atoms with Gasteiger partial charge in [0.05, 0.1) is 31.2 Å². The Labute approximate surface area is 219 Å². The number of alkyl halides is 3. The van der Waals surface area contributed by atoms with Crippen molar-refractivity contribution in [2.24, 2.45) is 0 Å². The van der Waals surface area contributed by atoms with E-state index in [1.54, 1.807) is 26.4 Å². The van der Waals surface area contributed by atoms with Crippen LogP contribution < -0.4 is 9.47 Å². The Morgan fingerprint density at radius 1 is 0.553 bits per heavy atom. The topological polar surface area (TPSA) is 44.2 Å². The van der Waals surface area contributed by atoms with E-state index in [4.69, 9.17) is 9.47 Å². The Kier molecular flexibility index (Phi) is 8.38. The smallest absolute Gasteiger partial charge is 0.416 e. The summed E-state index contributed by atoms with van der Waals surface area (Å²) in [7, 11) is 3.24. The third-order valence-electron chi connectivity index (χ3n) is 5.57. The Bertz CT molecular complexity index is 1360. The van der Waals surface area contributed by atoms with Crippen LogP contribution in [-0.4, -0.2) is 24.2 Å². The van der Waals surface area contributed by atoms with E-state index in [-0.39, 0.29) is 0 Å². The van der Waals surface area contributed by atoms with E-state index < -0.39 is 11.7 Å². The number of halogens is 3. The third kappa shape index (κ3) is 7.43. The van der Waals surface area contributed by atoms with Gasteiger partial charge in [0.2, 0.25) is 0 Å². The Hall–Kier alpha value is -4.65. The van der Waals surface area contributed by atoms with Gasteiger partial charge in [0.15, 0.2) is 5.82 Å². The molecule has 1 heterocycles. The lowest BCUT2D eigenvalue weighted by molar-refractivity contribution is -0.137. The zero-order valence-electron chi connectivity index (χ0n) is 20.8. The van der Waals surface area contributed by atoms with Crippen LogP contribution in [0.15, 0.2) is 78.9 Å². The van der Waals surface area contributed by atoms with Crippen molar-refractivity contribution in [3.8, 4) is 11.5 Å². The first-order valence-electron chi connectivity index (χ1n) is 11.7. The zero-order chi connectivity index (χ0) is 27.0. The molecular formula is C31H25F3N2O2. The number of benzene rings is 3. The maximum atomic E-state index is 12.9. The van der Waals surface area contributed by atoms with Gasteiger partial charge in [0, 0.05) is 0 Å². The van der Waals surface area contributed by atoms with Crippen LogP contribution in [0.3, 0.4) is 0 Å². The molecule has 0 radical (unpaired) electrons. The normalized spacial score (nSPS) is 12.0. The highest BCUT2D eigenvalue weighted by Gasteiger charge is 2.29. The molecule has 0 spiro atoms. The minimum atomic E-state index is -4.37. The quantitative estimate of drug-likeness (QED) is 0.239. The second kappa shape index (κ2) is 12.1. The van der Waals surface area contributed by atoms with Crippen LogP contribution in [0.5, 0.6) is 11.5 Å². The van der Waals surface area contributed by atoms with Gasteiger partial charge in [0.25, 0.3) is 0 Å². The first-order chi connectivity index (χ1) is 18.3. The fourth-order valence-electron chi connectivity index (χ4n) is 3.50. The zero-order valence-corrected chi connectivity index (χ0v) is 20.8. The van der Waals surface area contributed by atoms with E-state index in [1.807, 2.05) is 78.9 Å². The highest BCUT2D eigenvalue weighted by molar-refractivity contribution is 5.74. The SMILES string of the molecule is COc1ccc(/C=C/c2cc(/C=C/c3ccc(OC)cc3)nc(/C=C/c3ccc(C(F)(F)F)cc3)n2)cc1. The molecule has 192 valence electrons. The van der Waals surface area contributed by atoms with Crippen LogP contribution in [-0.2, 0) is 6.18 Å². The van der Waals surface area contributed by atoms with Crippen LogP contribution in [0, 0.1) is 0 Å².